The molecule has 7 heteroatoms. The molecule has 1 saturated heterocycles. The highest BCUT2D eigenvalue weighted by Crippen LogP contribution is 2.24. The Hall–Kier alpha value is -2.96. The van der Waals surface area contributed by atoms with Gasteiger partial charge in [-0.1, -0.05) is 18.9 Å². The summed E-state index contributed by atoms with van der Waals surface area (Å²) in [6.45, 7) is 6.55. The monoisotopic (exact) mass is 384 g/mol. The van der Waals surface area contributed by atoms with Crippen LogP contribution in [-0.2, 0) is 9.53 Å². The van der Waals surface area contributed by atoms with Crippen LogP contribution in [0.5, 0.6) is 0 Å². The van der Waals surface area contributed by atoms with Gasteiger partial charge in [0.25, 0.3) is 17.7 Å². The Labute approximate surface area is 163 Å². The molecule has 148 valence electrons. The van der Waals surface area contributed by atoms with Crippen LogP contribution in [-0.4, -0.2) is 59.2 Å². The number of rotatable bonds is 5. The Balaban J connectivity index is 1.70. The molecule has 0 spiro atoms. The van der Waals surface area contributed by atoms with Gasteiger partial charge in [-0.05, 0) is 38.0 Å². The lowest BCUT2D eigenvalue weighted by atomic mass is 10.1. The van der Waals surface area contributed by atoms with Crippen LogP contribution >= 0.6 is 0 Å². The average molecular weight is 384 g/mol. The van der Waals surface area contributed by atoms with E-state index in [-0.39, 0.29) is 29.1 Å². The molecule has 3 rings (SSSR count). The fourth-order valence-corrected chi connectivity index (χ4v) is 3.54. The summed E-state index contributed by atoms with van der Waals surface area (Å²) in [7, 11) is 0. The molecule has 2 heterocycles. The van der Waals surface area contributed by atoms with E-state index >= 15 is 0 Å². The Morgan fingerprint density at radius 1 is 1.11 bits per heavy atom. The minimum Gasteiger partial charge on any atom is -0.449 e. The number of ether oxygens (including phenoxy) is 1. The van der Waals surface area contributed by atoms with Gasteiger partial charge in [-0.2, -0.15) is 0 Å². The van der Waals surface area contributed by atoms with Gasteiger partial charge in [-0.3, -0.25) is 19.3 Å². The molecule has 0 aliphatic carbocycles. The average Bonchev–Trinajstić information content (AvgIpc) is 2.90. The van der Waals surface area contributed by atoms with Gasteiger partial charge < -0.3 is 9.64 Å². The van der Waals surface area contributed by atoms with Crippen molar-refractivity contribution in [2.75, 3.05) is 19.6 Å². The van der Waals surface area contributed by atoms with Crippen molar-refractivity contribution in [2.45, 2.75) is 38.7 Å². The third-order valence-electron chi connectivity index (χ3n) is 5.07. The van der Waals surface area contributed by atoms with Crippen molar-refractivity contribution in [2.24, 2.45) is 0 Å². The molecule has 2 aliphatic heterocycles. The van der Waals surface area contributed by atoms with Gasteiger partial charge in [0.05, 0.1) is 16.7 Å². The maximum absolute atomic E-state index is 12.5. The van der Waals surface area contributed by atoms with Crippen LogP contribution in [0.15, 0.2) is 30.9 Å². The van der Waals surface area contributed by atoms with E-state index in [1.165, 1.54) is 24.3 Å². The molecule has 2 aliphatic rings. The lowest BCUT2D eigenvalue weighted by molar-refractivity contribution is -0.139. The number of imide groups is 1. The predicted octanol–water partition coefficient (Wildman–Crippen LogP) is 2.42. The van der Waals surface area contributed by atoms with Crippen LogP contribution in [0.1, 0.15) is 63.7 Å². The predicted molar refractivity (Wildman–Crippen MR) is 102 cm³/mol. The summed E-state index contributed by atoms with van der Waals surface area (Å²) in [5.41, 5.74) is 0.542. The zero-order chi connectivity index (χ0) is 20.3. The van der Waals surface area contributed by atoms with Crippen molar-refractivity contribution in [3.05, 3.63) is 47.5 Å². The summed E-state index contributed by atoms with van der Waals surface area (Å²) in [6, 6.07) is 4.23. The fourth-order valence-electron chi connectivity index (χ4n) is 3.54. The van der Waals surface area contributed by atoms with Crippen molar-refractivity contribution in [1.29, 1.82) is 0 Å². The number of carbonyl (C=O) groups excluding carboxylic acids is 4. The second kappa shape index (κ2) is 8.37. The first-order valence-corrected chi connectivity index (χ1v) is 9.55. The number of amides is 3. The molecule has 7 nitrogen and oxygen atoms in total. The molecule has 0 bridgehead atoms. The molecule has 28 heavy (non-hydrogen) atoms. The number of fused-ring (bicyclic) bond motifs is 1. The number of benzene rings is 1. The van der Waals surface area contributed by atoms with Gasteiger partial charge >= 0.3 is 5.97 Å². The van der Waals surface area contributed by atoms with Crippen LogP contribution in [0, 0.1) is 0 Å². The highest BCUT2D eigenvalue weighted by Gasteiger charge is 2.35. The van der Waals surface area contributed by atoms with Crippen molar-refractivity contribution in [3.63, 3.8) is 0 Å². The third kappa shape index (κ3) is 3.83. The van der Waals surface area contributed by atoms with Gasteiger partial charge in [0, 0.05) is 19.6 Å². The number of carbonyl (C=O) groups is 4. The van der Waals surface area contributed by atoms with Crippen molar-refractivity contribution >= 4 is 23.7 Å². The second-order valence-electron chi connectivity index (χ2n) is 7.06. The quantitative estimate of drug-likeness (QED) is 0.442. The van der Waals surface area contributed by atoms with E-state index < -0.39 is 23.9 Å². The Morgan fingerprint density at radius 2 is 1.75 bits per heavy atom. The maximum Gasteiger partial charge on any atom is 0.338 e. The Kier molecular flexibility index (Phi) is 5.92. The van der Waals surface area contributed by atoms with E-state index in [1.54, 1.807) is 11.8 Å². The number of hydrogen-bond donors (Lipinski definition) is 0. The van der Waals surface area contributed by atoms with Gasteiger partial charge in [0.1, 0.15) is 0 Å². The molecule has 1 atom stereocenters. The van der Waals surface area contributed by atoms with E-state index in [4.69, 9.17) is 4.74 Å². The third-order valence-corrected chi connectivity index (χ3v) is 5.07. The van der Waals surface area contributed by atoms with E-state index in [0.29, 0.717) is 13.1 Å². The first-order chi connectivity index (χ1) is 13.4. The Morgan fingerprint density at radius 3 is 2.39 bits per heavy atom. The molecular weight excluding hydrogens is 360 g/mol. The minimum absolute atomic E-state index is 0.105. The summed E-state index contributed by atoms with van der Waals surface area (Å²) in [6.07, 6.45) is 4.66. The summed E-state index contributed by atoms with van der Waals surface area (Å²) in [4.78, 5) is 52.5. The highest BCUT2D eigenvalue weighted by molar-refractivity contribution is 6.22. The van der Waals surface area contributed by atoms with Crippen molar-refractivity contribution in [3.8, 4) is 0 Å². The van der Waals surface area contributed by atoms with Crippen LogP contribution < -0.4 is 0 Å². The van der Waals surface area contributed by atoms with Crippen LogP contribution in [0.3, 0.4) is 0 Å². The second-order valence-corrected chi connectivity index (χ2v) is 7.06. The molecule has 1 aromatic rings. The molecule has 0 saturated carbocycles. The zero-order valence-electron chi connectivity index (χ0n) is 16.0. The molecule has 1 fully saturated rings. The molecular formula is C21H24N2O5. The molecule has 3 amide bonds. The lowest BCUT2D eigenvalue weighted by Gasteiger charge is -2.24. The molecule has 0 N–H and O–H groups in total. The largest absolute Gasteiger partial charge is 0.449 e. The van der Waals surface area contributed by atoms with E-state index in [9.17, 15) is 19.2 Å². The van der Waals surface area contributed by atoms with Crippen molar-refractivity contribution < 1.29 is 23.9 Å². The van der Waals surface area contributed by atoms with Crippen LogP contribution in [0.4, 0.5) is 0 Å². The summed E-state index contributed by atoms with van der Waals surface area (Å²) < 4.78 is 5.33. The minimum atomic E-state index is -0.909. The zero-order valence-corrected chi connectivity index (χ0v) is 16.0. The van der Waals surface area contributed by atoms with Crippen LogP contribution in [0.25, 0.3) is 0 Å². The number of hydrogen-bond acceptors (Lipinski definition) is 5. The standard InChI is InChI=1S/C21H24N2O5/c1-3-10-23-19(25)16-9-8-15(13-17(16)20(23)26)21(27)28-14(2)18(24)22-11-6-4-5-7-12-22/h3,8-9,13-14H,1,4-7,10-12H2,2H3/t14-/m0/s1. The molecule has 0 aromatic heterocycles. The number of likely N-dealkylation sites (tertiary alicyclic amines) is 1. The van der Waals surface area contributed by atoms with Crippen LogP contribution in [0.2, 0.25) is 0 Å². The molecule has 0 unspecified atom stereocenters. The summed E-state index contributed by atoms with van der Waals surface area (Å²) in [5, 5.41) is 0. The normalized spacial score (nSPS) is 17.8. The Bertz CT molecular complexity index is 824. The lowest BCUT2D eigenvalue weighted by Crippen LogP contribution is -2.40. The van der Waals surface area contributed by atoms with E-state index in [0.717, 1.165) is 30.6 Å². The smallest absolute Gasteiger partial charge is 0.338 e. The molecule has 1 aromatic carbocycles. The van der Waals surface area contributed by atoms with E-state index in [2.05, 4.69) is 6.58 Å². The SMILES string of the molecule is C=CCN1C(=O)c2ccc(C(=O)O[C@@H](C)C(=O)N3CCCCCC3)cc2C1=O. The first-order valence-electron chi connectivity index (χ1n) is 9.55. The molecule has 0 radical (unpaired) electrons. The number of nitrogens with zero attached hydrogens (tertiary/aromatic N) is 2. The fraction of sp³-hybridized carbons (Fsp3) is 0.429. The van der Waals surface area contributed by atoms with Gasteiger partial charge in [-0.25, -0.2) is 4.79 Å². The highest BCUT2D eigenvalue weighted by atomic mass is 16.5. The van der Waals surface area contributed by atoms with Gasteiger partial charge in [-0.15, -0.1) is 6.58 Å². The van der Waals surface area contributed by atoms with Gasteiger partial charge in [0.2, 0.25) is 0 Å². The first kappa shape index (κ1) is 19.8. The van der Waals surface area contributed by atoms with E-state index in [1.807, 2.05) is 0 Å². The van der Waals surface area contributed by atoms with Gasteiger partial charge in [0.15, 0.2) is 6.10 Å². The van der Waals surface area contributed by atoms with Crippen molar-refractivity contribution in [1.82, 2.24) is 9.80 Å². The summed E-state index contributed by atoms with van der Waals surface area (Å²) in [5.74, 6) is -1.78. The maximum atomic E-state index is 12.5. The number of esters is 1. The topological polar surface area (TPSA) is 84.0 Å². The summed E-state index contributed by atoms with van der Waals surface area (Å²) >= 11 is 0.